The van der Waals surface area contributed by atoms with Crippen LogP contribution in [0.4, 0.5) is 0 Å². The minimum absolute atomic E-state index is 0.638. The fraction of sp³-hybridized carbons (Fsp3) is 0.500. The van der Waals surface area contributed by atoms with Crippen LogP contribution in [0.15, 0.2) is 18.2 Å². The molecule has 1 aliphatic heterocycles. The quantitative estimate of drug-likeness (QED) is 0.865. The van der Waals surface area contributed by atoms with Crippen LogP contribution < -0.4 is 10.1 Å². The number of piperidine rings is 1. The Hall–Kier alpha value is -1.53. The Morgan fingerprint density at radius 1 is 1.41 bits per heavy atom. The molecule has 0 bridgehead atoms. The van der Waals surface area contributed by atoms with Gasteiger partial charge < -0.3 is 10.1 Å². The van der Waals surface area contributed by atoms with Gasteiger partial charge in [-0.15, -0.1) is 0 Å². The smallest absolute Gasteiger partial charge is 0.136 e. The van der Waals surface area contributed by atoms with E-state index >= 15 is 0 Å². The van der Waals surface area contributed by atoms with E-state index in [2.05, 4.69) is 17.5 Å². The molecule has 1 aromatic carbocycles. The summed E-state index contributed by atoms with van der Waals surface area (Å²) in [7, 11) is 1.60. The van der Waals surface area contributed by atoms with E-state index in [1.165, 1.54) is 18.4 Å². The minimum atomic E-state index is 0.638. The molecule has 1 fully saturated rings. The van der Waals surface area contributed by atoms with Crippen LogP contribution in [-0.2, 0) is 6.42 Å². The third-order valence-electron chi connectivity index (χ3n) is 3.37. The Kier molecular flexibility index (Phi) is 4.00. The molecule has 0 aliphatic carbocycles. The van der Waals surface area contributed by atoms with E-state index in [0.717, 1.165) is 25.4 Å². The van der Waals surface area contributed by atoms with Crippen LogP contribution in [0.25, 0.3) is 0 Å². The number of ether oxygens (including phenoxy) is 1. The molecular weight excluding hydrogens is 212 g/mol. The van der Waals surface area contributed by atoms with Crippen LogP contribution in [0.3, 0.4) is 0 Å². The van der Waals surface area contributed by atoms with Crippen LogP contribution in [0, 0.1) is 17.2 Å². The number of methoxy groups -OCH3 is 1. The zero-order valence-corrected chi connectivity index (χ0v) is 10.2. The average Bonchev–Trinajstić information content (AvgIpc) is 2.40. The molecule has 1 aliphatic rings. The summed E-state index contributed by atoms with van der Waals surface area (Å²) in [4.78, 5) is 0. The maximum Gasteiger partial charge on any atom is 0.136 e. The summed E-state index contributed by atoms with van der Waals surface area (Å²) in [5.74, 6) is 1.41. The molecule has 90 valence electrons. The van der Waals surface area contributed by atoms with E-state index in [0.29, 0.717) is 11.3 Å². The maximum atomic E-state index is 9.04. The van der Waals surface area contributed by atoms with Gasteiger partial charge in [0.2, 0.25) is 0 Å². The lowest BCUT2D eigenvalue weighted by atomic mass is 9.90. The van der Waals surface area contributed by atoms with Gasteiger partial charge in [0.05, 0.1) is 12.7 Å². The van der Waals surface area contributed by atoms with Crippen molar-refractivity contribution in [3.8, 4) is 11.8 Å². The summed E-state index contributed by atoms with van der Waals surface area (Å²) in [5.41, 5.74) is 1.88. The van der Waals surface area contributed by atoms with Gasteiger partial charge >= 0.3 is 0 Å². The molecular formula is C14H18N2O. The molecule has 1 saturated heterocycles. The molecule has 1 N–H and O–H groups in total. The molecule has 3 nitrogen and oxygen atoms in total. The number of nitriles is 1. The van der Waals surface area contributed by atoms with Crippen molar-refractivity contribution >= 4 is 0 Å². The highest BCUT2D eigenvalue weighted by molar-refractivity contribution is 5.45. The molecule has 0 saturated carbocycles. The van der Waals surface area contributed by atoms with Crippen molar-refractivity contribution in [3.05, 3.63) is 29.3 Å². The van der Waals surface area contributed by atoms with Crippen molar-refractivity contribution in [2.24, 2.45) is 5.92 Å². The zero-order chi connectivity index (χ0) is 12.1. The molecule has 0 unspecified atom stereocenters. The first kappa shape index (κ1) is 11.9. The normalized spacial score (nSPS) is 16.5. The average molecular weight is 230 g/mol. The summed E-state index contributed by atoms with van der Waals surface area (Å²) in [6, 6.07) is 8.11. The van der Waals surface area contributed by atoms with E-state index in [-0.39, 0.29) is 0 Å². The Balaban J connectivity index is 2.08. The van der Waals surface area contributed by atoms with Crippen molar-refractivity contribution in [2.75, 3.05) is 20.2 Å². The van der Waals surface area contributed by atoms with Gasteiger partial charge in [-0.2, -0.15) is 5.26 Å². The summed E-state index contributed by atoms with van der Waals surface area (Å²) in [6.07, 6.45) is 3.53. The van der Waals surface area contributed by atoms with Crippen LogP contribution in [0.5, 0.6) is 5.75 Å². The molecule has 2 rings (SSSR count). The predicted molar refractivity (Wildman–Crippen MR) is 67.0 cm³/mol. The Morgan fingerprint density at radius 3 is 2.82 bits per heavy atom. The minimum Gasteiger partial charge on any atom is -0.495 e. The lowest BCUT2D eigenvalue weighted by Crippen LogP contribution is -2.28. The number of rotatable bonds is 3. The molecule has 0 aromatic heterocycles. The molecule has 0 radical (unpaired) electrons. The van der Waals surface area contributed by atoms with Crippen molar-refractivity contribution in [1.82, 2.24) is 5.32 Å². The first-order valence-corrected chi connectivity index (χ1v) is 6.11. The Morgan fingerprint density at radius 2 is 2.18 bits per heavy atom. The summed E-state index contributed by atoms with van der Waals surface area (Å²) in [5, 5.41) is 12.4. The number of benzene rings is 1. The highest BCUT2D eigenvalue weighted by atomic mass is 16.5. The highest BCUT2D eigenvalue weighted by Crippen LogP contribution is 2.23. The lowest BCUT2D eigenvalue weighted by molar-refractivity contribution is 0.372. The van der Waals surface area contributed by atoms with E-state index in [4.69, 9.17) is 10.00 Å². The van der Waals surface area contributed by atoms with Gasteiger partial charge in [0.1, 0.15) is 11.8 Å². The van der Waals surface area contributed by atoms with Crippen molar-refractivity contribution < 1.29 is 4.74 Å². The monoisotopic (exact) mass is 230 g/mol. The second-order valence-corrected chi connectivity index (χ2v) is 4.54. The van der Waals surface area contributed by atoms with Gasteiger partial charge in [-0.3, -0.25) is 0 Å². The Bertz CT molecular complexity index is 417. The third-order valence-corrected chi connectivity index (χ3v) is 3.37. The highest BCUT2D eigenvalue weighted by Gasteiger charge is 2.14. The van der Waals surface area contributed by atoms with Gasteiger partial charge in [-0.25, -0.2) is 0 Å². The number of hydrogen-bond donors (Lipinski definition) is 1. The standard InChI is InChI=1S/C14H18N2O/c1-17-14-3-2-12(9-13(14)10-15)8-11-4-6-16-7-5-11/h2-3,9,11,16H,4-8H2,1H3. The van der Waals surface area contributed by atoms with Gasteiger partial charge in [0.25, 0.3) is 0 Å². The van der Waals surface area contributed by atoms with Crippen LogP contribution in [0.1, 0.15) is 24.0 Å². The van der Waals surface area contributed by atoms with Gasteiger partial charge in [-0.1, -0.05) is 6.07 Å². The van der Waals surface area contributed by atoms with Crippen LogP contribution in [-0.4, -0.2) is 20.2 Å². The van der Waals surface area contributed by atoms with E-state index in [9.17, 15) is 0 Å². The molecule has 17 heavy (non-hydrogen) atoms. The summed E-state index contributed by atoms with van der Waals surface area (Å²) >= 11 is 0. The largest absolute Gasteiger partial charge is 0.495 e. The second-order valence-electron chi connectivity index (χ2n) is 4.54. The van der Waals surface area contributed by atoms with E-state index in [1.807, 2.05) is 12.1 Å². The summed E-state index contributed by atoms with van der Waals surface area (Å²) in [6.45, 7) is 2.23. The molecule has 3 heteroatoms. The molecule has 1 aromatic rings. The van der Waals surface area contributed by atoms with Crippen LogP contribution >= 0.6 is 0 Å². The fourth-order valence-corrected chi connectivity index (χ4v) is 2.39. The van der Waals surface area contributed by atoms with Crippen molar-refractivity contribution in [1.29, 1.82) is 5.26 Å². The summed E-state index contributed by atoms with van der Waals surface area (Å²) < 4.78 is 5.15. The number of nitrogens with zero attached hydrogens (tertiary/aromatic N) is 1. The van der Waals surface area contributed by atoms with Gasteiger partial charge in [0.15, 0.2) is 0 Å². The number of hydrogen-bond acceptors (Lipinski definition) is 3. The lowest BCUT2D eigenvalue weighted by Gasteiger charge is -2.22. The fourth-order valence-electron chi connectivity index (χ4n) is 2.39. The Labute approximate surface area is 102 Å². The number of nitrogens with one attached hydrogen (secondary N) is 1. The van der Waals surface area contributed by atoms with E-state index < -0.39 is 0 Å². The second kappa shape index (κ2) is 5.70. The van der Waals surface area contributed by atoms with Gasteiger partial charge in [0, 0.05) is 0 Å². The topological polar surface area (TPSA) is 45.0 Å². The maximum absolute atomic E-state index is 9.04. The first-order chi connectivity index (χ1) is 8.33. The molecule has 0 amide bonds. The van der Waals surface area contributed by atoms with Gasteiger partial charge in [-0.05, 0) is 56.0 Å². The van der Waals surface area contributed by atoms with Crippen molar-refractivity contribution in [2.45, 2.75) is 19.3 Å². The van der Waals surface area contributed by atoms with E-state index in [1.54, 1.807) is 7.11 Å². The third kappa shape index (κ3) is 2.98. The first-order valence-electron chi connectivity index (χ1n) is 6.11. The predicted octanol–water partition coefficient (Wildman–Crippen LogP) is 2.11. The molecule has 1 heterocycles. The SMILES string of the molecule is COc1ccc(CC2CCNCC2)cc1C#N. The molecule has 0 atom stereocenters. The zero-order valence-electron chi connectivity index (χ0n) is 10.2. The molecule has 0 spiro atoms. The van der Waals surface area contributed by atoms with Crippen molar-refractivity contribution in [3.63, 3.8) is 0 Å². The van der Waals surface area contributed by atoms with Crippen LogP contribution in [0.2, 0.25) is 0 Å².